The zero-order valence-electron chi connectivity index (χ0n) is 9.72. The molecule has 0 aromatic heterocycles. The van der Waals surface area contributed by atoms with Crippen LogP contribution in [0, 0.1) is 5.92 Å². The molecule has 0 aliphatic carbocycles. The Morgan fingerprint density at radius 2 is 1.81 bits per heavy atom. The third kappa shape index (κ3) is 1.87. The van der Waals surface area contributed by atoms with Crippen LogP contribution in [0.1, 0.15) is 20.3 Å². The van der Waals surface area contributed by atoms with Gasteiger partial charge in [0.1, 0.15) is 12.9 Å². The number of benzene rings is 1. The van der Waals surface area contributed by atoms with Crippen molar-refractivity contribution in [2.75, 3.05) is 6.16 Å². The molecule has 1 aromatic carbocycles. The van der Waals surface area contributed by atoms with E-state index in [1.165, 1.54) is 0 Å². The molecule has 16 heavy (non-hydrogen) atoms. The van der Waals surface area contributed by atoms with Crippen molar-refractivity contribution in [2.45, 2.75) is 25.9 Å². The fraction of sp³-hybridized carbons (Fsp3) is 0.462. The highest BCUT2D eigenvalue weighted by Gasteiger charge is 2.40. The Morgan fingerprint density at radius 3 is 2.44 bits per heavy atom. The predicted octanol–water partition coefficient (Wildman–Crippen LogP) is 2.67. The van der Waals surface area contributed by atoms with Crippen LogP contribution in [-0.4, -0.2) is 17.6 Å². The van der Waals surface area contributed by atoms with E-state index in [0.29, 0.717) is 12.6 Å². The van der Waals surface area contributed by atoms with Gasteiger partial charge < -0.3 is 4.57 Å². The largest absolute Gasteiger partial charge is 0.318 e. The molecule has 0 amide bonds. The van der Waals surface area contributed by atoms with E-state index in [1.54, 1.807) is 0 Å². The van der Waals surface area contributed by atoms with Crippen molar-refractivity contribution in [1.29, 1.82) is 0 Å². The molecule has 86 valence electrons. The first-order valence-corrected chi connectivity index (χ1v) is 7.67. The molecule has 1 aliphatic heterocycles. The lowest BCUT2D eigenvalue weighted by Crippen LogP contribution is -2.32. The second-order valence-corrected chi connectivity index (χ2v) is 8.09. The van der Waals surface area contributed by atoms with E-state index < -0.39 is 7.14 Å². The minimum atomic E-state index is -2.37. The van der Waals surface area contributed by atoms with Gasteiger partial charge in [-0.25, -0.2) is 0 Å². The van der Waals surface area contributed by atoms with Gasteiger partial charge in [-0.05, 0) is 0 Å². The number of hydrogen-bond donors (Lipinski definition) is 0. The van der Waals surface area contributed by atoms with Crippen LogP contribution in [-0.2, 0) is 9.36 Å². The van der Waals surface area contributed by atoms with Crippen molar-refractivity contribution in [3.05, 3.63) is 30.3 Å². The fourth-order valence-electron chi connectivity index (χ4n) is 2.37. The smallest absolute Gasteiger partial charge is 0.136 e. The highest BCUT2D eigenvalue weighted by atomic mass is 31.2. The summed E-state index contributed by atoms with van der Waals surface area (Å²) < 4.78 is 13.0. The Hall–Kier alpha value is -0.880. The minimum Gasteiger partial charge on any atom is -0.318 e. The molecule has 1 aromatic rings. The molecule has 3 atom stereocenters. The van der Waals surface area contributed by atoms with Gasteiger partial charge in [-0.1, -0.05) is 44.2 Å². The van der Waals surface area contributed by atoms with Crippen LogP contribution in [0.15, 0.2) is 30.3 Å². The van der Waals surface area contributed by atoms with Crippen LogP contribution in [0.3, 0.4) is 0 Å². The van der Waals surface area contributed by atoms with Crippen LogP contribution >= 0.6 is 7.14 Å². The monoisotopic (exact) mass is 236 g/mol. The summed E-state index contributed by atoms with van der Waals surface area (Å²) in [7, 11) is -2.37. The second kappa shape index (κ2) is 4.18. The molecule has 0 saturated carbocycles. The number of carbonyl (C=O) groups is 1. The summed E-state index contributed by atoms with van der Waals surface area (Å²) in [6.45, 7) is 3.83. The molecule has 1 fully saturated rings. The lowest BCUT2D eigenvalue weighted by Gasteiger charge is -2.32. The fourth-order valence-corrected chi connectivity index (χ4v) is 5.62. The van der Waals surface area contributed by atoms with Crippen molar-refractivity contribution in [1.82, 2.24) is 0 Å². The maximum absolute atomic E-state index is 13.0. The average molecular weight is 236 g/mol. The van der Waals surface area contributed by atoms with Crippen LogP contribution in [0.2, 0.25) is 0 Å². The summed E-state index contributed by atoms with van der Waals surface area (Å²) in [5, 5.41) is 0.932. The molecule has 1 saturated heterocycles. The Labute approximate surface area is 96.4 Å². The Balaban J connectivity index is 2.38. The highest BCUT2D eigenvalue weighted by molar-refractivity contribution is 7.72. The van der Waals surface area contributed by atoms with Crippen molar-refractivity contribution < 1.29 is 9.36 Å². The van der Waals surface area contributed by atoms with E-state index in [1.807, 2.05) is 44.2 Å². The van der Waals surface area contributed by atoms with Crippen LogP contribution in [0.5, 0.6) is 0 Å². The topological polar surface area (TPSA) is 34.1 Å². The van der Waals surface area contributed by atoms with Crippen molar-refractivity contribution >= 4 is 18.2 Å². The first-order chi connectivity index (χ1) is 7.54. The van der Waals surface area contributed by atoms with E-state index in [9.17, 15) is 9.36 Å². The third-order valence-corrected chi connectivity index (χ3v) is 7.37. The lowest BCUT2D eigenvalue weighted by molar-refractivity contribution is -0.122. The van der Waals surface area contributed by atoms with E-state index in [0.717, 1.165) is 5.30 Å². The molecule has 2 nitrogen and oxygen atoms in total. The first kappa shape index (κ1) is 11.6. The quantitative estimate of drug-likeness (QED) is 0.702. The minimum absolute atomic E-state index is 0.00130. The number of Topliss-reactive ketones (excluding diaryl/α,β-unsaturated/α-hetero) is 1. The molecule has 0 bridgehead atoms. The van der Waals surface area contributed by atoms with Crippen molar-refractivity contribution in [2.24, 2.45) is 5.92 Å². The van der Waals surface area contributed by atoms with Gasteiger partial charge in [-0.3, -0.25) is 4.79 Å². The molecular formula is C13H17O2P. The number of ketones is 1. The van der Waals surface area contributed by atoms with Gasteiger partial charge in [-0.15, -0.1) is 0 Å². The zero-order valence-corrected chi connectivity index (χ0v) is 10.6. The lowest BCUT2D eigenvalue weighted by atomic mass is 10.0. The first-order valence-electron chi connectivity index (χ1n) is 5.71. The third-order valence-electron chi connectivity index (χ3n) is 3.50. The van der Waals surface area contributed by atoms with Crippen LogP contribution < -0.4 is 5.30 Å². The van der Waals surface area contributed by atoms with Gasteiger partial charge in [0.05, 0.1) is 0 Å². The summed E-state index contributed by atoms with van der Waals surface area (Å²) in [5.74, 6) is 0.206. The molecule has 0 spiro atoms. The van der Waals surface area contributed by atoms with Gasteiger partial charge >= 0.3 is 0 Å². The van der Waals surface area contributed by atoms with Crippen LogP contribution in [0.4, 0.5) is 0 Å². The van der Waals surface area contributed by atoms with Gasteiger partial charge in [-0.2, -0.15) is 0 Å². The van der Waals surface area contributed by atoms with E-state index in [4.69, 9.17) is 0 Å². The molecular weight excluding hydrogens is 219 g/mol. The van der Waals surface area contributed by atoms with Gasteiger partial charge in [0.25, 0.3) is 0 Å². The molecule has 3 heteroatoms. The van der Waals surface area contributed by atoms with Crippen LogP contribution in [0.25, 0.3) is 0 Å². The molecule has 1 aliphatic rings. The normalized spacial score (nSPS) is 35.0. The number of rotatable bonds is 1. The summed E-state index contributed by atoms with van der Waals surface area (Å²) in [6, 6.07) is 9.63. The summed E-state index contributed by atoms with van der Waals surface area (Å²) in [6.07, 6.45) is 1.00. The second-order valence-electron chi connectivity index (χ2n) is 4.73. The Morgan fingerprint density at radius 1 is 1.19 bits per heavy atom. The molecule has 0 N–H and O–H groups in total. The van der Waals surface area contributed by atoms with E-state index in [2.05, 4.69) is 0 Å². The summed E-state index contributed by atoms with van der Waals surface area (Å²) in [5.41, 5.74) is -0.00130. The number of carbonyl (C=O) groups excluding carboxylic acids is 1. The van der Waals surface area contributed by atoms with E-state index in [-0.39, 0.29) is 17.4 Å². The Bertz CT molecular complexity index is 439. The maximum atomic E-state index is 13.0. The van der Waals surface area contributed by atoms with Gasteiger partial charge in [0.15, 0.2) is 0 Å². The molecule has 0 radical (unpaired) electrons. The van der Waals surface area contributed by atoms with Gasteiger partial charge in [0.2, 0.25) is 0 Å². The number of hydrogen-bond acceptors (Lipinski definition) is 2. The average Bonchev–Trinajstić information content (AvgIpc) is 2.28. The van der Waals surface area contributed by atoms with Crippen molar-refractivity contribution in [3.63, 3.8) is 0 Å². The standard InChI is InChI=1S/C13H17O2P/c1-10-9-16(15,11(2)8-13(10)14)12-6-4-3-5-7-12/h3-7,10-11H,8-9H2,1-2H3/t10-,11+,16+/m1/s1. The SMILES string of the molecule is C[C@@H]1C[P@@](=O)(c2ccccc2)[C@@H](C)CC1=O. The Kier molecular flexibility index (Phi) is 3.03. The predicted molar refractivity (Wildman–Crippen MR) is 66.8 cm³/mol. The highest BCUT2D eigenvalue weighted by Crippen LogP contribution is 2.55. The van der Waals surface area contributed by atoms with Crippen molar-refractivity contribution in [3.8, 4) is 0 Å². The van der Waals surface area contributed by atoms with Gasteiger partial charge in [0, 0.05) is 29.5 Å². The molecule has 1 heterocycles. The zero-order chi connectivity index (χ0) is 11.8. The summed E-state index contributed by atoms with van der Waals surface area (Å²) in [4.78, 5) is 11.6. The van der Waals surface area contributed by atoms with E-state index >= 15 is 0 Å². The molecule has 2 rings (SSSR count). The maximum Gasteiger partial charge on any atom is 0.136 e. The summed E-state index contributed by atoms with van der Waals surface area (Å²) >= 11 is 0. The molecule has 0 unspecified atom stereocenters.